The molecule has 0 spiro atoms. The number of hydrogen-bond acceptors (Lipinski definition) is 7. The standard InChI is InChI=1S/C14H9N5O3S/c1-18-13(11-3-2-6-22-11)16-17-14(18)23-12-5-4-10(19(20)21)7-9(12)8-15/h2-7H,1H3. The van der Waals surface area contributed by atoms with Crippen LogP contribution in [0.3, 0.4) is 0 Å². The van der Waals surface area contributed by atoms with Crippen molar-refractivity contribution in [3.8, 4) is 17.7 Å². The molecule has 9 heteroatoms. The van der Waals surface area contributed by atoms with Gasteiger partial charge in [0.05, 0.1) is 16.7 Å². The van der Waals surface area contributed by atoms with Crippen LogP contribution in [0.5, 0.6) is 0 Å². The van der Waals surface area contributed by atoms with E-state index in [1.165, 1.54) is 30.0 Å². The second-order valence-electron chi connectivity index (χ2n) is 4.49. The van der Waals surface area contributed by atoms with Crippen molar-refractivity contribution >= 4 is 17.4 Å². The number of non-ortho nitro benzene ring substituents is 1. The van der Waals surface area contributed by atoms with Gasteiger partial charge in [0.1, 0.15) is 6.07 Å². The first kappa shape index (κ1) is 14.8. The first-order valence-electron chi connectivity index (χ1n) is 6.40. The van der Waals surface area contributed by atoms with E-state index in [0.29, 0.717) is 21.6 Å². The normalized spacial score (nSPS) is 10.4. The monoisotopic (exact) mass is 327 g/mol. The molecule has 0 bridgehead atoms. The van der Waals surface area contributed by atoms with E-state index in [-0.39, 0.29) is 11.3 Å². The molecule has 2 heterocycles. The highest BCUT2D eigenvalue weighted by atomic mass is 32.2. The molecule has 1 aromatic carbocycles. The van der Waals surface area contributed by atoms with E-state index in [9.17, 15) is 15.4 Å². The van der Waals surface area contributed by atoms with Crippen LogP contribution < -0.4 is 0 Å². The Balaban J connectivity index is 1.94. The summed E-state index contributed by atoms with van der Waals surface area (Å²) in [6.07, 6.45) is 1.54. The minimum absolute atomic E-state index is 0.125. The van der Waals surface area contributed by atoms with Crippen LogP contribution in [0.2, 0.25) is 0 Å². The Hall–Kier alpha value is -3.12. The summed E-state index contributed by atoms with van der Waals surface area (Å²) < 4.78 is 7.02. The molecule has 0 fully saturated rings. The zero-order chi connectivity index (χ0) is 16.4. The molecule has 0 saturated heterocycles. The fraction of sp³-hybridized carbons (Fsp3) is 0.0714. The highest BCUT2D eigenvalue weighted by Gasteiger charge is 2.17. The summed E-state index contributed by atoms with van der Waals surface area (Å²) >= 11 is 1.21. The Morgan fingerprint density at radius 3 is 2.87 bits per heavy atom. The number of benzene rings is 1. The van der Waals surface area contributed by atoms with Gasteiger partial charge in [0.25, 0.3) is 5.69 Å². The predicted molar refractivity (Wildman–Crippen MR) is 80.6 cm³/mol. The van der Waals surface area contributed by atoms with Gasteiger partial charge < -0.3 is 8.98 Å². The smallest absolute Gasteiger partial charge is 0.270 e. The minimum Gasteiger partial charge on any atom is -0.461 e. The Bertz CT molecular complexity index is 911. The topological polar surface area (TPSA) is 111 Å². The van der Waals surface area contributed by atoms with Crippen LogP contribution in [-0.2, 0) is 7.05 Å². The van der Waals surface area contributed by atoms with Gasteiger partial charge in [-0.15, -0.1) is 10.2 Å². The summed E-state index contributed by atoms with van der Waals surface area (Å²) in [5, 5.41) is 28.6. The Morgan fingerprint density at radius 1 is 1.39 bits per heavy atom. The lowest BCUT2D eigenvalue weighted by Gasteiger charge is -2.04. The van der Waals surface area contributed by atoms with Crippen LogP contribution >= 0.6 is 11.8 Å². The third kappa shape index (κ3) is 2.79. The lowest BCUT2D eigenvalue weighted by Crippen LogP contribution is -1.95. The minimum atomic E-state index is -0.535. The maximum Gasteiger partial charge on any atom is 0.270 e. The van der Waals surface area contributed by atoms with Gasteiger partial charge in [-0.3, -0.25) is 10.1 Å². The molecule has 114 valence electrons. The van der Waals surface area contributed by atoms with Crippen LogP contribution in [0.15, 0.2) is 51.1 Å². The molecule has 0 atom stereocenters. The van der Waals surface area contributed by atoms with Crippen molar-refractivity contribution in [1.82, 2.24) is 14.8 Å². The molecule has 0 radical (unpaired) electrons. The predicted octanol–water partition coefficient (Wildman–Crippen LogP) is 3.01. The maximum absolute atomic E-state index is 10.8. The third-order valence-electron chi connectivity index (χ3n) is 3.07. The molecule has 0 aliphatic heterocycles. The van der Waals surface area contributed by atoms with Gasteiger partial charge in [-0.05, 0) is 30.0 Å². The van der Waals surface area contributed by atoms with Crippen molar-refractivity contribution < 1.29 is 9.34 Å². The lowest BCUT2D eigenvalue weighted by molar-refractivity contribution is -0.384. The number of aromatic nitrogens is 3. The molecular formula is C14H9N5O3S. The second-order valence-corrected chi connectivity index (χ2v) is 5.50. The lowest BCUT2D eigenvalue weighted by atomic mass is 10.2. The van der Waals surface area contributed by atoms with Crippen molar-refractivity contribution in [2.75, 3.05) is 0 Å². The van der Waals surface area contributed by atoms with Gasteiger partial charge in [0.15, 0.2) is 16.7 Å². The van der Waals surface area contributed by atoms with E-state index in [4.69, 9.17) is 4.42 Å². The summed E-state index contributed by atoms with van der Waals surface area (Å²) in [5.74, 6) is 1.13. The summed E-state index contributed by atoms with van der Waals surface area (Å²) in [6.45, 7) is 0. The first-order chi connectivity index (χ1) is 11.1. The second kappa shape index (κ2) is 5.94. The SMILES string of the molecule is Cn1c(Sc2ccc([N+](=O)[O-])cc2C#N)nnc1-c1ccco1. The number of hydrogen-bond donors (Lipinski definition) is 0. The van der Waals surface area contributed by atoms with Crippen molar-refractivity contribution in [2.24, 2.45) is 7.05 Å². The highest BCUT2D eigenvalue weighted by Crippen LogP contribution is 2.32. The van der Waals surface area contributed by atoms with Gasteiger partial charge in [-0.25, -0.2) is 0 Å². The van der Waals surface area contributed by atoms with Crippen molar-refractivity contribution in [3.63, 3.8) is 0 Å². The van der Waals surface area contributed by atoms with E-state index in [1.807, 2.05) is 6.07 Å². The van der Waals surface area contributed by atoms with Gasteiger partial charge in [0.2, 0.25) is 0 Å². The number of nitro benzene ring substituents is 1. The summed E-state index contributed by atoms with van der Waals surface area (Å²) in [6, 6.07) is 9.61. The van der Waals surface area contributed by atoms with E-state index in [0.717, 1.165) is 0 Å². The molecule has 0 unspecified atom stereocenters. The molecular weight excluding hydrogens is 318 g/mol. The molecule has 8 nitrogen and oxygen atoms in total. The Kier molecular flexibility index (Phi) is 3.82. The quantitative estimate of drug-likeness (QED) is 0.535. The van der Waals surface area contributed by atoms with Crippen LogP contribution in [0, 0.1) is 21.4 Å². The number of nitriles is 1. The van der Waals surface area contributed by atoms with E-state index < -0.39 is 4.92 Å². The molecule has 0 aliphatic carbocycles. The molecule has 3 rings (SSSR count). The van der Waals surface area contributed by atoms with E-state index in [2.05, 4.69) is 10.2 Å². The summed E-state index contributed by atoms with van der Waals surface area (Å²) in [7, 11) is 1.78. The van der Waals surface area contributed by atoms with Crippen LogP contribution in [0.25, 0.3) is 11.6 Å². The van der Waals surface area contributed by atoms with Crippen molar-refractivity contribution in [3.05, 3.63) is 52.3 Å². The van der Waals surface area contributed by atoms with Crippen LogP contribution in [-0.4, -0.2) is 19.7 Å². The average Bonchev–Trinajstić information content (AvgIpc) is 3.18. The molecule has 0 amide bonds. The molecule has 3 aromatic rings. The van der Waals surface area contributed by atoms with Gasteiger partial charge >= 0.3 is 0 Å². The highest BCUT2D eigenvalue weighted by molar-refractivity contribution is 7.99. The van der Waals surface area contributed by atoms with Gasteiger partial charge in [0, 0.05) is 24.1 Å². The maximum atomic E-state index is 10.8. The zero-order valence-corrected chi connectivity index (χ0v) is 12.6. The number of nitro groups is 1. The van der Waals surface area contributed by atoms with Crippen LogP contribution in [0.1, 0.15) is 5.56 Å². The van der Waals surface area contributed by atoms with E-state index >= 15 is 0 Å². The number of nitrogens with zero attached hydrogens (tertiary/aromatic N) is 5. The zero-order valence-electron chi connectivity index (χ0n) is 11.8. The molecule has 0 saturated carbocycles. The van der Waals surface area contributed by atoms with Gasteiger partial charge in [-0.1, -0.05) is 0 Å². The Labute approximate surface area is 134 Å². The molecule has 23 heavy (non-hydrogen) atoms. The molecule has 0 N–H and O–H groups in total. The van der Waals surface area contributed by atoms with Crippen molar-refractivity contribution in [2.45, 2.75) is 10.1 Å². The fourth-order valence-electron chi connectivity index (χ4n) is 1.93. The first-order valence-corrected chi connectivity index (χ1v) is 7.21. The molecule has 0 aliphatic rings. The van der Waals surface area contributed by atoms with E-state index in [1.54, 1.807) is 30.0 Å². The summed E-state index contributed by atoms with van der Waals surface area (Å²) in [5.41, 5.74) is 0.0897. The third-order valence-corrected chi connectivity index (χ3v) is 4.19. The number of furan rings is 1. The summed E-state index contributed by atoms with van der Waals surface area (Å²) in [4.78, 5) is 10.8. The molecule has 2 aromatic heterocycles. The van der Waals surface area contributed by atoms with Crippen molar-refractivity contribution in [1.29, 1.82) is 5.26 Å². The fourth-order valence-corrected chi connectivity index (χ4v) is 2.78. The number of rotatable bonds is 4. The average molecular weight is 327 g/mol. The van der Waals surface area contributed by atoms with Crippen LogP contribution in [0.4, 0.5) is 5.69 Å². The Morgan fingerprint density at radius 2 is 2.22 bits per heavy atom. The van der Waals surface area contributed by atoms with Gasteiger partial charge in [-0.2, -0.15) is 5.26 Å². The largest absolute Gasteiger partial charge is 0.461 e.